The van der Waals surface area contributed by atoms with Crippen molar-refractivity contribution in [1.82, 2.24) is 5.43 Å². The van der Waals surface area contributed by atoms with E-state index in [1.807, 2.05) is 38.1 Å². The van der Waals surface area contributed by atoms with Gasteiger partial charge >= 0.3 is 5.97 Å². The van der Waals surface area contributed by atoms with Gasteiger partial charge in [0.15, 0.2) is 0 Å². The van der Waals surface area contributed by atoms with Gasteiger partial charge in [0.1, 0.15) is 17.6 Å². The molecule has 0 saturated heterocycles. The number of carbonyl (C=O) groups is 2. The summed E-state index contributed by atoms with van der Waals surface area (Å²) in [7, 11) is 0. The molecule has 10 heteroatoms. The third-order valence-corrected chi connectivity index (χ3v) is 11.9. The summed E-state index contributed by atoms with van der Waals surface area (Å²) in [5, 5.41) is 22.6. The topological polar surface area (TPSA) is 138 Å². The van der Waals surface area contributed by atoms with Gasteiger partial charge in [-0.05, 0) is 68.2 Å². The van der Waals surface area contributed by atoms with Crippen LogP contribution in [0.2, 0.25) is 0 Å². The summed E-state index contributed by atoms with van der Waals surface area (Å²) < 4.78 is 5.58. The van der Waals surface area contributed by atoms with Gasteiger partial charge in [-0.15, -0.1) is 18.3 Å². The highest BCUT2D eigenvalue weighted by Gasteiger charge is 2.81. The lowest BCUT2D eigenvalue weighted by atomic mass is 9.33. The molecule has 0 aliphatic heterocycles. The van der Waals surface area contributed by atoms with Gasteiger partial charge in [-0.25, -0.2) is 5.43 Å². The Balaban J connectivity index is 1.37. The predicted octanol–water partition coefficient (Wildman–Crippen LogP) is 5.00. The van der Waals surface area contributed by atoms with Crippen LogP contribution >= 0.6 is 24.4 Å². The third kappa shape index (κ3) is 4.21. The number of thioether (sulfide) groups is 1. The number of thiol groups is 1. The van der Waals surface area contributed by atoms with Gasteiger partial charge in [0, 0.05) is 34.0 Å². The molecule has 40 heavy (non-hydrogen) atoms. The molecule has 5 N–H and O–H groups in total. The van der Waals surface area contributed by atoms with E-state index in [9.17, 15) is 14.7 Å². The number of ketones is 1. The number of carbonyl (C=O) groups excluding carboxylic acids is 2. The Bertz CT molecular complexity index is 1330. The van der Waals surface area contributed by atoms with Crippen molar-refractivity contribution in [2.75, 3.05) is 5.75 Å². The van der Waals surface area contributed by atoms with Crippen LogP contribution in [0.1, 0.15) is 58.4 Å². The smallest absolute Gasteiger partial charge is 0.316 e. The fourth-order valence-corrected chi connectivity index (χ4v) is 9.61. The van der Waals surface area contributed by atoms with Crippen molar-refractivity contribution in [3.8, 4) is 0 Å². The van der Waals surface area contributed by atoms with Gasteiger partial charge in [0.25, 0.3) is 0 Å². The third-order valence-electron chi connectivity index (χ3n) is 10.2. The molecule has 4 aliphatic carbocycles. The van der Waals surface area contributed by atoms with Gasteiger partial charge in [0.05, 0.1) is 16.7 Å². The average Bonchev–Trinajstić information content (AvgIpc) is 3.15. The molecule has 0 heterocycles. The normalized spacial score (nSPS) is 40.0. The number of nitrogens with one attached hydrogen (secondary N) is 2. The minimum atomic E-state index is -0.783. The second-order valence-corrected chi connectivity index (χ2v) is 14.1. The zero-order valence-electron chi connectivity index (χ0n) is 23.2. The molecule has 214 valence electrons. The van der Waals surface area contributed by atoms with Gasteiger partial charge in [-0.3, -0.25) is 15.0 Å². The first-order chi connectivity index (χ1) is 18.8. The van der Waals surface area contributed by atoms with Gasteiger partial charge in [0.2, 0.25) is 5.96 Å². The predicted molar refractivity (Wildman–Crippen MR) is 161 cm³/mol. The van der Waals surface area contributed by atoms with Crippen LogP contribution in [0, 0.1) is 33.5 Å². The van der Waals surface area contributed by atoms with Crippen molar-refractivity contribution in [3.63, 3.8) is 0 Å². The van der Waals surface area contributed by atoms with E-state index < -0.39 is 21.7 Å². The number of nitrogens with two attached hydrogens (primary N) is 1. The van der Waals surface area contributed by atoms with Gasteiger partial charge in [-0.1, -0.05) is 25.1 Å². The van der Waals surface area contributed by atoms with E-state index in [1.54, 1.807) is 12.3 Å². The van der Waals surface area contributed by atoms with E-state index in [0.717, 1.165) is 28.9 Å². The highest BCUT2D eigenvalue weighted by molar-refractivity contribution is 8.00. The maximum atomic E-state index is 13.4. The number of hydrogen-bond donors (Lipinski definition) is 5. The molecule has 7 atom stereocenters. The Labute approximate surface area is 245 Å². The van der Waals surface area contributed by atoms with E-state index in [0.29, 0.717) is 25.0 Å². The lowest BCUT2D eigenvalue weighted by Crippen LogP contribution is -2.72. The lowest BCUT2D eigenvalue weighted by molar-refractivity contribution is -0.195. The standard InChI is InChI=1S/C30H38N4O4S2/c1-5-27(4)13-22(38-23(36)15-40-20-8-6-19(7-9-20)14-33-34-26(31)32)30(39)11-10-28-16-29(25(28)30,18(3)24(27)37)17(2)12-21(28)35/h5-9,14,17,22,25,37,39H,1,10-13,15-16H2,2-4H3,(H4,31,32,34)/b24-18+,33-14+/t17?,22-,25?,27-,28?,29?,30-/m1/s1. The number of allylic oxidation sites excluding steroid dienone is 2. The number of hydrogen-bond acceptors (Lipinski definition) is 8. The molecule has 4 aliphatic rings. The molecule has 0 radical (unpaired) electrons. The van der Waals surface area contributed by atoms with Crippen LogP contribution in [0.3, 0.4) is 0 Å². The molecule has 1 aromatic rings. The molecule has 0 aromatic heterocycles. The molecule has 3 saturated carbocycles. The van der Waals surface area contributed by atoms with E-state index in [4.69, 9.17) is 28.5 Å². The number of hydrazone groups is 1. The summed E-state index contributed by atoms with van der Waals surface area (Å²) in [4.78, 5) is 27.6. The molecular weight excluding hydrogens is 544 g/mol. The molecule has 1 aromatic carbocycles. The zero-order chi connectivity index (χ0) is 29.1. The molecule has 3 fully saturated rings. The van der Waals surface area contributed by atoms with Crippen molar-refractivity contribution in [3.05, 3.63) is 53.8 Å². The molecule has 0 amide bonds. The summed E-state index contributed by atoms with van der Waals surface area (Å²) in [5.74, 6) is 0.0938. The minimum Gasteiger partial charge on any atom is -0.511 e. The van der Waals surface area contributed by atoms with Crippen LogP contribution < -0.4 is 11.2 Å². The second-order valence-electron chi connectivity index (χ2n) is 12.2. The minimum absolute atomic E-state index is 0.0731. The Morgan fingerprint density at radius 3 is 2.73 bits per heavy atom. The molecule has 4 unspecified atom stereocenters. The summed E-state index contributed by atoms with van der Waals surface area (Å²) in [6.07, 6.45) is 5.75. The lowest BCUT2D eigenvalue weighted by Gasteiger charge is -2.70. The Morgan fingerprint density at radius 2 is 2.08 bits per heavy atom. The number of esters is 1. The zero-order valence-corrected chi connectivity index (χ0v) is 24.9. The summed E-state index contributed by atoms with van der Waals surface area (Å²) in [5.41, 5.74) is 7.78. The number of guanidine groups is 1. The summed E-state index contributed by atoms with van der Waals surface area (Å²) in [6.45, 7) is 10.1. The number of aliphatic hydroxyl groups is 1. The van der Waals surface area contributed by atoms with E-state index >= 15 is 0 Å². The van der Waals surface area contributed by atoms with Crippen molar-refractivity contribution in [2.24, 2.45) is 38.9 Å². The first-order valence-corrected chi connectivity index (χ1v) is 15.1. The number of rotatable bonds is 7. The largest absolute Gasteiger partial charge is 0.511 e. The van der Waals surface area contributed by atoms with Crippen molar-refractivity contribution in [1.29, 1.82) is 5.41 Å². The fraction of sp³-hybridized carbons (Fsp3) is 0.533. The number of ether oxygens (including phenoxy) is 1. The van der Waals surface area contributed by atoms with Crippen LogP contribution in [0.25, 0.3) is 0 Å². The molecule has 2 spiro atoms. The van der Waals surface area contributed by atoms with Crippen LogP contribution in [0.4, 0.5) is 0 Å². The number of Topliss-reactive ketones (excluding diaryl/α,β-unsaturated/α-hetero) is 1. The molecule has 8 nitrogen and oxygen atoms in total. The SMILES string of the molecule is C=C[C@]1(C)C[C@@H](OC(=O)CSc2ccc(/C=N/NC(=N)N)cc2)[C@]2(S)CCC34CC(/C(C)=C\1O)(C(C)CC3=O)C42. The maximum absolute atomic E-state index is 13.4. The number of nitrogens with zero attached hydrogens (tertiary/aromatic N) is 1. The van der Waals surface area contributed by atoms with Crippen molar-refractivity contribution >= 4 is 48.3 Å². The van der Waals surface area contributed by atoms with Crippen LogP contribution in [-0.2, 0) is 14.3 Å². The number of benzene rings is 1. The highest BCUT2D eigenvalue weighted by atomic mass is 32.2. The first kappa shape index (κ1) is 28.8. The Hall–Kier alpha value is -2.72. The first-order valence-electron chi connectivity index (χ1n) is 13.7. The second kappa shape index (κ2) is 9.98. The van der Waals surface area contributed by atoms with Crippen molar-refractivity contribution < 1.29 is 19.4 Å². The fourth-order valence-electron chi connectivity index (χ4n) is 8.19. The average molecular weight is 583 g/mol. The van der Waals surface area contributed by atoms with E-state index in [2.05, 4.69) is 24.0 Å². The highest BCUT2D eigenvalue weighted by Crippen LogP contribution is 2.81. The summed E-state index contributed by atoms with van der Waals surface area (Å²) >= 11 is 6.70. The summed E-state index contributed by atoms with van der Waals surface area (Å²) in [6, 6.07) is 7.48. The van der Waals surface area contributed by atoms with Gasteiger partial charge in [-0.2, -0.15) is 17.7 Å². The monoisotopic (exact) mass is 582 g/mol. The number of aliphatic hydroxyl groups excluding tert-OH is 1. The van der Waals surface area contributed by atoms with E-state index in [1.165, 1.54) is 11.8 Å². The van der Waals surface area contributed by atoms with Crippen LogP contribution in [0.15, 0.2) is 58.2 Å². The van der Waals surface area contributed by atoms with Gasteiger partial charge < -0.3 is 15.6 Å². The van der Waals surface area contributed by atoms with Crippen LogP contribution in [-0.4, -0.2) is 45.6 Å². The Morgan fingerprint density at radius 1 is 1.38 bits per heavy atom. The van der Waals surface area contributed by atoms with Crippen molar-refractivity contribution in [2.45, 2.75) is 68.6 Å². The molecular formula is C30H38N4O4S2. The Kier molecular flexibility index (Phi) is 7.18. The molecule has 5 rings (SSSR count). The van der Waals surface area contributed by atoms with Crippen LogP contribution in [0.5, 0.6) is 0 Å². The van der Waals surface area contributed by atoms with E-state index in [-0.39, 0.29) is 40.7 Å². The quantitative estimate of drug-likeness (QED) is 0.0580. The maximum Gasteiger partial charge on any atom is 0.316 e. The molecule has 2 bridgehead atoms.